The van der Waals surface area contributed by atoms with Gasteiger partial charge < -0.3 is 10.1 Å². The molecule has 8 heteroatoms. The third kappa shape index (κ3) is 4.00. The minimum absolute atomic E-state index is 0.294. The van der Waals surface area contributed by atoms with Crippen LogP contribution in [0.15, 0.2) is 48.5 Å². The van der Waals surface area contributed by atoms with Crippen molar-refractivity contribution in [2.75, 3.05) is 18.7 Å². The van der Waals surface area contributed by atoms with Gasteiger partial charge in [0.2, 0.25) is 0 Å². The molecule has 0 aliphatic carbocycles. The zero-order valence-corrected chi connectivity index (χ0v) is 15.8. The maximum absolute atomic E-state index is 12.9. The third-order valence-corrected chi connectivity index (χ3v) is 4.39. The highest BCUT2D eigenvalue weighted by Crippen LogP contribution is 2.25. The lowest BCUT2D eigenvalue weighted by Gasteiger charge is -2.09. The first-order valence-electron chi connectivity index (χ1n) is 7.76. The molecule has 0 aliphatic rings. The summed E-state index contributed by atoms with van der Waals surface area (Å²) in [5.41, 5.74) is 2.31. The topological polar surface area (TPSA) is 69.0 Å². The summed E-state index contributed by atoms with van der Waals surface area (Å²) in [7, 11) is 1.60. The van der Waals surface area contributed by atoms with Crippen LogP contribution in [0, 0.1) is 0 Å². The number of anilines is 1. The molecule has 2 aromatic carbocycles. The molecule has 1 heterocycles. The minimum atomic E-state index is -0.294. The SMILES string of the molecule is COc1ccc(-c2nnn(CSC)c2C(=O)Nc2cccc(Cl)c2)cc1. The number of carbonyl (C=O) groups is 1. The van der Waals surface area contributed by atoms with Crippen molar-refractivity contribution in [3.8, 4) is 17.0 Å². The predicted molar refractivity (Wildman–Crippen MR) is 105 cm³/mol. The summed E-state index contributed by atoms with van der Waals surface area (Å²) in [5, 5.41) is 11.8. The first kappa shape index (κ1) is 18.3. The Labute approximate surface area is 160 Å². The van der Waals surface area contributed by atoms with E-state index in [4.69, 9.17) is 16.3 Å². The number of rotatable bonds is 6. The summed E-state index contributed by atoms with van der Waals surface area (Å²) < 4.78 is 6.77. The maximum atomic E-state index is 12.9. The molecule has 0 fully saturated rings. The maximum Gasteiger partial charge on any atom is 0.276 e. The van der Waals surface area contributed by atoms with Gasteiger partial charge in [0.05, 0.1) is 13.0 Å². The first-order valence-corrected chi connectivity index (χ1v) is 9.53. The number of carbonyl (C=O) groups excluding carboxylic acids is 1. The normalized spacial score (nSPS) is 10.6. The molecule has 3 aromatic rings. The van der Waals surface area contributed by atoms with Gasteiger partial charge in [-0.05, 0) is 48.7 Å². The number of thioether (sulfide) groups is 1. The van der Waals surface area contributed by atoms with Gasteiger partial charge in [-0.25, -0.2) is 4.68 Å². The molecule has 0 atom stereocenters. The Kier molecular flexibility index (Phi) is 5.80. The van der Waals surface area contributed by atoms with Gasteiger partial charge in [-0.3, -0.25) is 4.79 Å². The van der Waals surface area contributed by atoms with E-state index in [9.17, 15) is 4.79 Å². The molecule has 0 aliphatic heterocycles. The molecular formula is C18H17ClN4O2S. The molecule has 6 nitrogen and oxygen atoms in total. The summed E-state index contributed by atoms with van der Waals surface area (Å²) >= 11 is 7.54. The van der Waals surface area contributed by atoms with Crippen LogP contribution in [0.3, 0.4) is 0 Å². The van der Waals surface area contributed by atoms with E-state index in [2.05, 4.69) is 15.6 Å². The van der Waals surface area contributed by atoms with E-state index >= 15 is 0 Å². The Morgan fingerprint density at radius 3 is 2.69 bits per heavy atom. The van der Waals surface area contributed by atoms with Gasteiger partial charge in [-0.1, -0.05) is 22.9 Å². The van der Waals surface area contributed by atoms with E-state index in [1.54, 1.807) is 47.8 Å². The van der Waals surface area contributed by atoms with Crippen molar-refractivity contribution in [3.63, 3.8) is 0 Å². The van der Waals surface area contributed by atoms with Crippen molar-refractivity contribution < 1.29 is 9.53 Å². The second-order valence-electron chi connectivity index (χ2n) is 5.40. The number of halogens is 1. The van der Waals surface area contributed by atoms with E-state index in [1.165, 1.54) is 0 Å². The number of methoxy groups -OCH3 is 1. The zero-order chi connectivity index (χ0) is 18.5. The van der Waals surface area contributed by atoms with Crippen LogP contribution in [0.4, 0.5) is 5.69 Å². The second kappa shape index (κ2) is 8.25. The largest absolute Gasteiger partial charge is 0.497 e. The average Bonchev–Trinajstić information content (AvgIpc) is 3.06. The van der Waals surface area contributed by atoms with E-state index in [0.29, 0.717) is 28.0 Å². The van der Waals surface area contributed by atoms with Gasteiger partial charge in [0.15, 0.2) is 5.69 Å². The summed E-state index contributed by atoms with van der Waals surface area (Å²) in [4.78, 5) is 12.9. The fourth-order valence-electron chi connectivity index (χ4n) is 2.45. The van der Waals surface area contributed by atoms with Crippen molar-refractivity contribution >= 4 is 35.0 Å². The Hall–Kier alpha value is -2.51. The molecule has 0 bridgehead atoms. The number of benzene rings is 2. The van der Waals surface area contributed by atoms with E-state index < -0.39 is 0 Å². The Balaban J connectivity index is 1.97. The number of aromatic nitrogens is 3. The Morgan fingerprint density at radius 1 is 1.27 bits per heavy atom. The van der Waals surface area contributed by atoms with Gasteiger partial charge in [-0.2, -0.15) is 0 Å². The lowest BCUT2D eigenvalue weighted by molar-refractivity contribution is 0.101. The molecular weight excluding hydrogens is 372 g/mol. The van der Waals surface area contributed by atoms with Crippen molar-refractivity contribution in [3.05, 3.63) is 59.2 Å². The van der Waals surface area contributed by atoms with Crippen molar-refractivity contribution in [1.82, 2.24) is 15.0 Å². The molecule has 0 saturated carbocycles. The molecule has 1 N–H and O–H groups in total. The minimum Gasteiger partial charge on any atom is -0.497 e. The summed E-state index contributed by atoms with van der Waals surface area (Å²) in [6, 6.07) is 14.3. The lowest BCUT2D eigenvalue weighted by Crippen LogP contribution is -2.18. The van der Waals surface area contributed by atoms with Crippen molar-refractivity contribution in [2.45, 2.75) is 5.88 Å². The van der Waals surface area contributed by atoms with Crippen molar-refractivity contribution in [2.24, 2.45) is 0 Å². The monoisotopic (exact) mass is 388 g/mol. The van der Waals surface area contributed by atoms with Crippen LogP contribution < -0.4 is 10.1 Å². The van der Waals surface area contributed by atoms with Crippen molar-refractivity contribution in [1.29, 1.82) is 0 Å². The lowest BCUT2D eigenvalue weighted by atomic mass is 10.1. The molecule has 0 spiro atoms. The zero-order valence-electron chi connectivity index (χ0n) is 14.3. The Bertz CT molecular complexity index is 912. The number of hydrogen-bond acceptors (Lipinski definition) is 5. The summed E-state index contributed by atoms with van der Waals surface area (Å²) in [5.74, 6) is 0.953. The summed E-state index contributed by atoms with van der Waals surface area (Å²) in [6.45, 7) is 0. The molecule has 3 rings (SSSR count). The first-order chi connectivity index (χ1) is 12.6. The highest BCUT2D eigenvalue weighted by molar-refractivity contribution is 7.97. The van der Waals surface area contributed by atoms with Gasteiger partial charge in [-0.15, -0.1) is 16.9 Å². The molecule has 1 amide bonds. The Morgan fingerprint density at radius 2 is 2.04 bits per heavy atom. The number of ether oxygens (including phenoxy) is 1. The van der Waals surface area contributed by atoms with Gasteiger partial charge in [0.1, 0.15) is 11.4 Å². The average molecular weight is 389 g/mol. The van der Waals surface area contributed by atoms with Crippen LogP contribution in [0.5, 0.6) is 5.75 Å². The number of amides is 1. The van der Waals surface area contributed by atoms with Crippen LogP contribution >= 0.6 is 23.4 Å². The smallest absolute Gasteiger partial charge is 0.276 e. The molecule has 0 radical (unpaired) electrons. The van der Waals surface area contributed by atoms with Gasteiger partial charge in [0.25, 0.3) is 5.91 Å². The van der Waals surface area contributed by atoms with E-state index in [1.807, 2.05) is 30.5 Å². The predicted octanol–water partition coefficient (Wildman–Crippen LogP) is 4.18. The molecule has 26 heavy (non-hydrogen) atoms. The third-order valence-electron chi connectivity index (χ3n) is 3.65. The fourth-order valence-corrected chi connectivity index (χ4v) is 3.07. The standard InChI is InChI=1S/C18H17ClN4O2S/c1-25-15-8-6-12(7-9-15)16-17(23(11-26-2)22-21-16)18(24)20-14-5-3-4-13(19)10-14/h3-10H,11H2,1-2H3,(H,20,24). The van der Waals surface area contributed by atoms with Crippen LogP contribution in [0.2, 0.25) is 5.02 Å². The highest BCUT2D eigenvalue weighted by atomic mass is 35.5. The van der Waals surface area contributed by atoms with Crippen LogP contribution in [-0.2, 0) is 5.88 Å². The van der Waals surface area contributed by atoms with E-state index in [0.717, 1.165) is 11.3 Å². The van der Waals surface area contributed by atoms with Crippen LogP contribution in [0.1, 0.15) is 10.5 Å². The molecule has 0 unspecified atom stereocenters. The molecule has 1 aromatic heterocycles. The number of nitrogens with zero attached hydrogens (tertiary/aromatic N) is 3. The molecule has 134 valence electrons. The quantitative estimate of drug-likeness (QED) is 0.686. The molecule has 0 saturated heterocycles. The number of nitrogens with one attached hydrogen (secondary N) is 1. The second-order valence-corrected chi connectivity index (χ2v) is 6.67. The number of hydrogen-bond donors (Lipinski definition) is 1. The summed E-state index contributed by atoms with van der Waals surface area (Å²) in [6.07, 6.45) is 1.94. The highest BCUT2D eigenvalue weighted by Gasteiger charge is 2.22. The van der Waals surface area contributed by atoms with Gasteiger partial charge >= 0.3 is 0 Å². The van der Waals surface area contributed by atoms with Crippen LogP contribution in [-0.4, -0.2) is 34.3 Å². The van der Waals surface area contributed by atoms with E-state index in [-0.39, 0.29) is 5.91 Å². The van der Waals surface area contributed by atoms with Gasteiger partial charge in [0, 0.05) is 16.3 Å². The fraction of sp³-hybridized carbons (Fsp3) is 0.167. The van der Waals surface area contributed by atoms with Crippen LogP contribution in [0.25, 0.3) is 11.3 Å².